The molecule has 0 aliphatic rings. The molecule has 0 saturated heterocycles. The topological polar surface area (TPSA) is 125 Å². The molecule has 9 nitrogen and oxygen atoms in total. The number of hydrogen-bond acceptors (Lipinski definition) is 6. The van der Waals surface area contributed by atoms with E-state index in [1.807, 2.05) is 0 Å². The second-order valence-corrected chi connectivity index (χ2v) is 4.81. The van der Waals surface area contributed by atoms with E-state index in [4.69, 9.17) is 4.74 Å². The van der Waals surface area contributed by atoms with Crippen molar-refractivity contribution in [1.29, 1.82) is 0 Å². The molecule has 24 heavy (non-hydrogen) atoms. The van der Waals surface area contributed by atoms with Crippen molar-refractivity contribution < 1.29 is 19.4 Å². The molecule has 0 fully saturated rings. The highest BCUT2D eigenvalue weighted by Crippen LogP contribution is 2.27. The van der Waals surface area contributed by atoms with Crippen LogP contribution >= 0.6 is 0 Å². The minimum Gasteiger partial charge on any atom is -0.484 e. The average Bonchev–Trinajstić information content (AvgIpc) is 2.55. The number of ether oxygens (including phenoxy) is 1. The summed E-state index contributed by atoms with van der Waals surface area (Å²) >= 11 is 0. The first-order chi connectivity index (χ1) is 11.4. The molecule has 1 N–H and O–H groups in total. The summed E-state index contributed by atoms with van der Waals surface area (Å²) in [5, 5.41) is 24.0. The first-order valence-electron chi connectivity index (χ1n) is 6.79. The molecule has 0 unspecified atom stereocenters. The van der Waals surface area contributed by atoms with Gasteiger partial charge >= 0.3 is 0 Å². The Morgan fingerprint density at radius 1 is 1.08 bits per heavy atom. The smallest absolute Gasteiger partial charge is 0.293 e. The summed E-state index contributed by atoms with van der Waals surface area (Å²) in [6.45, 7) is 1.25. The number of nitrogens with zero attached hydrogens (tertiary/aromatic N) is 2. The molecule has 0 bridgehead atoms. The Balaban J connectivity index is 2.01. The van der Waals surface area contributed by atoms with Crippen LogP contribution in [-0.4, -0.2) is 22.4 Å². The van der Waals surface area contributed by atoms with Crippen molar-refractivity contribution in [3.05, 3.63) is 68.3 Å². The number of nitrogens with one attached hydrogen (secondary N) is 1. The molecule has 0 atom stereocenters. The molecule has 0 saturated carbocycles. The molecule has 0 aliphatic heterocycles. The predicted molar refractivity (Wildman–Crippen MR) is 85.1 cm³/mol. The lowest BCUT2D eigenvalue weighted by Gasteiger charge is -2.10. The summed E-state index contributed by atoms with van der Waals surface area (Å²) < 4.78 is 5.21. The highest BCUT2D eigenvalue weighted by molar-refractivity contribution is 5.95. The van der Waals surface area contributed by atoms with Crippen LogP contribution in [0.4, 0.5) is 17.1 Å². The maximum atomic E-state index is 11.9. The lowest BCUT2D eigenvalue weighted by molar-refractivity contribution is -0.384. The molecule has 2 rings (SSSR count). The zero-order valence-electron chi connectivity index (χ0n) is 12.6. The molecule has 1 amide bonds. The number of carbonyl (C=O) groups is 1. The minimum absolute atomic E-state index is 0.0951. The van der Waals surface area contributed by atoms with Gasteiger partial charge in [-0.1, -0.05) is 12.1 Å². The largest absolute Gasteiger partial charge is 0.484 e. The van der Waals surface area contributed by atoms with Crippen LogP contribution in [0.15, 0.2) is 42.5 Å². The molecular formula is C15H13N3O6. The lowest BCUT2D eigenvalue weighted by Crippen LogP contribution is -2.21. The third kappa shape index (κ3) is 4.03. The summed E-state index contributed by atoms with van der Waals surface area (Å²) in [5.74, 6) is -0.305. The molecule has 2 aromatic carbocycles. The molecular weight excluding hydrogens is 318 g/mol. The Morgan fingerprint density at radius 2 is 1.75 bits per heavy atom. The standard InChI is InChI=1S/C15H13N3O6/c1-10-3-2-4-13(18(22)23)15(10)16-14(19)9-24-12-7-5-11(6-8-12)17(20)21/h2-8H,9H2,1H3,(H,16,19). The van der Waals surface area contributed by atoms with E-state index in [0.717, 1.165) is 0 Å². The molecule has 0 spiro atoms. The minimum atomic E-state index is -0.584. The molecule has 124 valence electrons. The van der Waals surface area contributed by atoms with Crippen molar-refractivity contribution in [1.82, 2.24) is 0 Å². The Morgan fingerprint density at radius 3 is 2.33 bits per heavy atom. The van der Waals surface area contributed by atoms with Gasteiger partial charge in [-0.2, -0.15) is 0 Å². The summed E-state index contributed by atoms with van der Waals surface area (Å²) in [6.07, 6.45) is 0. The van der Waals surface area contributed by atoms with Gasteiger partial charge in [0.25, 0.3) is 17.3 Å². The van der Waals surface area contributed by atoms with Crippen LogP contribution in [0.25, 0.3) is 0 Å². The SMILES string of the molecule is Cc1cccc([N+](=O)[O-])c1NC(=O)COc1ccc([N+](=O)[O-])cc1. The van der Waals surface area contributed by atoms with E-state index in [0.29, 0.717) is 5.56 Å². The summed E-state index contributed by atoms with van der Waals surface area (Å²) in [5.41, 5.74) is 0.355. The molecule has 9 heteroatoms. The monoisotopic (exact) mass is 331 g/mol. The number of rotatable bonds is 6. The van der Waals surface area contributed by atoms with Gasteiger partial charge in [0, 0.05) is 18.2 Å². The number of anilines is 1. The summed E-state index contributed by atoms with van der Waals surface area (Å²) in [7, 11) is 0. The predicted octanol–water partition coefficient (Wildman–Crippen LogP) is 2.83. The number of para-hydroxylation sites is 1. The molecule has 0 heterocycles. The number of hydrogen-bond donors (Lipinski definition) is 1. The quantitative estimate of drug-likeness (QED) is 0.641. The zero-order chi connectivity index (χ0) is 17.7. The van der Waals surface area contributed by atoms with Crippen molar-refractivity contribution in [3.63, 3.8) is 0 Å². The molecule has 0 aliphatic carbocycles. The van der Waals surface area contributed by atoms with E-state index in [-0.39, 0.29) is 29.4 Å². The van der Waals surface area contributed by atoms with E-state index < -0.39 is 15.8 Å². The van der Waals surface area contributed by atoms with Gasteiger partial charge in [0.2, 0.25) is 0 Å². The van der Waals surface area contributed by atoms with Crippen molar-refractivity contribution in [2.75, 3.05) is 11.9 Å². The van der Waals surface area contributed by atoms with Crippen LogP contribution in [0.1, 0.15) is 5.56 Å². The van der Waals surface area contributed by atoms with Crippen molar-refractivity contribution >= 4 is 23.0 Å². The molecule has 2 aromatic rings. The van der Waals surface area contributed by atoms with E-state index in [1.165, 1.54) is 36.4 Å². The number of non-ortho nitro benzene ring substituents is 1. The van der Waals surface area contributed by atoms with E-state index in [9.17, 15) is 25.0 Å². The fraction of sp³-hybridized carbons (Fsp3) is 0.133. The number of amides is 1. The second-order valence-electron chi connectivity index (χ2n) is 4.81. The van der Waals surface area contributed by atoms with Crippen LogP contribution in [-0.2, 0) is 4.79 Å². The number of nitro groups is 2. The highest BCUT2D eigenvalue weighted by Gasteiger charge is 2.18. The normalized spacial score (nSPS) is 10.0. The summed E-state index contributed by atoms with van der Waals surface area (Å²) in [6, 6.07) is 9.68. The van der Waals surface area contributed by atoms with Crippen LogP contribution in [0.5, 0.6) is 5.75 Å². The Bertz CT molecular complexity index is 788. The van der Waals surface area contributed by atoms with Gasteiger partial charge in [0.15, 0.2) is 6.61 Å². The summed E-state index contributed by atoms with van der Waals surface area (Å²) in [4.78, 5) is 32.3. The number of aryl methyl sites for hydroxylation is 1. The maximum Gasteiger partial charge on any atom is 0.293 e. The Kier molecular flexibility index (Phi) is 5.05. The van der Waals surface area contributed by atoms with Gasteiger partial charge in [-0.3, -0.25) is 25.0 Å². The Labute approximate surface area is 136 Å². The lowest BCUT2D eigenvalue weighted by atomic mass is 10.1. The average molecular weight is 331 g/mol. The maximum absolute atomic E-state index is 11.9. The van der Waals surface area contributed by atoms with Crippen LogP contribution in [0, 0.1) is 27.2 Å². The van der Waals surface area contributed by atoms with Gasteiger partial charge < -0.3 is 10.1 Å². The second kappa shape index (κ2) is 7.18. The third-order valence-corrected chi connectivity index (χ3v) is 3.13. The van der Waals surface area contributed by atoms with Crippen LogP contribution in [0.3, 0.4) is 0 Å². The highest BCUT2D eigenvalue weighted by atomic mass is 16.6. The molecule has 0 radical (unpaired) electrons. The van der Waals surface area contributed by atoms with Gasteiger partial charge in [-0.05, 0) is 24.6 Å². The first kappa shape index (κ1) is 16.9. The fourth-order valence-electron chi connectivity index (χ4n) is 1.96. The van der Waals surface area contributed by atoms with Gasteiger partial charge in [0.05, 0.1) is 9.85 Å². The van der Waals surface area contributed by atoms with E-state index >= 15 is 0 Å². The zero-order valence-corrected chi connectivity index (χ0v) is 12.6. The number of carbonyl (C=O) groups excluding carboxylic acids is 1. The Hall–Kier alpha value is -3.49. The van der Waals surface area contributed by atoms with Gasteiger partial charge in [-0.15, -0.1) is 0 Å². The fourth-order valence-corrected chi connectivity index (χ4v) is 1.96. The van der Waals surface area contributed by atoms with Crippen molar-refractivity contribution in [2.24, 2.45) is 0 Å². The van der Waals surface area contributed by atoms with Gasteiger partial charge in [0.1, 0.15) is 11.4 Å². The molecule has 0 aromatic heterocycles. The van der Waals surface area contributed by atoms with Gasteiger partial charge in [-0.25, -0.2) is 0 Å². The van der Waals surface area contributed by atoms with E-state index in [1.54, 1.807) is 13.0 Å². The third-order valence-electron chi connectivity index (χ3n) is 3.13. The van der Waals surface area contributed by atoms with Crippen LogP contribution in [0.2, 0.25) is 0 Å². The van der Waals surface area contributed by atoms with E-state index in [2.05, 4.69) is 5.32 Å². The number of nitro benzene ring substituents is 2. The van der Waals surface area contributed by atoms with Crippen LogP contribution < -0.4 is 10.1 Å². The number of benzene rings is 2. The first-order valence-corrected chi connectivity index (χ1v) is 6.79. The van der Waals surface area contributed by atoms with Crippen molar-refractivity contribution in [3.8, 4) is 5.75 Å². The van der Waals surface area contributed by atoms with Crippen molar-refractivity contribution in [2.45, 2.75) is 6.92 Å².